The van der Waals surface area contributed by atoms with Gasteiger partial charge in [0.1, 0.15) is 18.5 Å². The van der Waals surface area contributed by atoms with E-state index in [0.29, 0.717) is 11.6 Å². The van der Waals surface area contributed by atoms with Crippen LogP contribution < -0.4 is 10.1 Å². The standard InChI is InChI=1S/C16H18ClNO2/c1-12-2-8-16(9-3-12)20-11-15(19)10-18-14-6-4-13(17)5-7-14/h2-9,15,18-19H,10-11H2,1H3. The Balaban J connectivity index is 1.73. The Hall–Kier alpha value is -1.71. The van der Waals surface area contributed by atoms with E-state index in [9.17, 15) is 5.11 Å². The lowest BCUT2D eigenvalue weighted by atomic mass is 10.2. The monoisotopic (exact) mass is 291 g/mol. The highest BCUT2D eigenvalue weighted by atomic mass is 35.5. The Kier molecular flexibility index (Phi) is 5.27. The molecule has 2 N–H and O–H groups in total. The molecule has 0 aliphatic heterocycles. The third-order valence-corrected chi connectivity index (χ3v) is 3.10. The summed E-state index contributed by atoms with van der Waals surface area (Å²) >= 11 is 5.81. The van der Waals surface area contributed by atoms with E-state index in [0.717, 1.165) is 11.4 Å². The molecule has 1 atom stereocenters. The van der Waals surface area contributed by atoms with Gasteiger partial charge in [0, 0.05) is 17.3 Å². The first-order valence-electron chi connectivity index (χ1n) is 6.50. The summed E-state index contributed by atoms with van der Waals surface area (Å²) in [6, 6.07) is 15.1. The van der Waals surface area contributed by atoms with E-state index in [4.69, 9.17) is 16.3 Å². The Morgan fingerprint density at radius 1 is 1.10 bits per heavy atom. The summed E-state index contributed by atoms with van der Waals surface area (Å²) in [5.74, 6) is 0.765. The topological polar surface area (TPSA) is 41.5 Å². The van der Waals surface area contributed by atoms with Crippen LogP contribution in [-0.2, 0) is 0 Å². The van der Waals surface area contributed by atoms with E-state index < -0.39 is 6.10 Å². The molecule has 106 valence electrons. The number of aliphatic hydroxyl groups is 1. The molecule has 0 aromatic heterocycles. The van der Waals surface area contributed by atoms with Gasteiger partial charge in [0.05, 0.1) is 0 Å². The number of nitrogens with one attached hydrogen (secondary N) is 1. The van der Waals surface area contributed by atoms with Crippen molar-refractivity contribution in [3.8, 4) is 5.75 Å². The van der Waals surface area contributed by atoms with Gasteiger partial charge in [-0.25, -0.2) is 0 Å². The smallest absolute Gasteiger partial charge is 0.119 e. The number of halogens is 1. The molecule has 0 aliphatic carbocycles. The second-order valence-electron chi connectivity index (χ2n) is 4.67. The zero-order valence-electron chi connectivity index (χ0n) is 11.3. The van der Waals surface area contributed by atoms with Crippen LogP contribution in [0.3, 0.4) is 0 Å². The first kappa shape index (κ1) is 14.7. The largest absolute Gasteiger partial charge is 0.491 e. The molecule has 3 nitrogen and oxygen atoms in total. The summed E-state index contributed by atoms with van der Waals surface area (Å²) in [6.07, 6.45) is -0.577. The predicted molar refractivity (Wildman–Crippen MR) is 82.6 cm³/mol. The molecule has 1 unspecified atom stereocenters. The molecule has 0 radical (unpaired) electrons. The lowest BCUT2D eigenvalue weighted by Gasteiger charge is -2.14. The average Bonchev–Trinajstić information content (AvgIpc) is 2.46. The van der Waals surface area contributed by atoms with Crippen molar-refractivity contribution < 1.29 is 9.84 Å². The highest BCUT2D eigenvalue weighted by molar-refractivity contribution is 6.30. The number of anilines is 1. The molecule has 0 fully saturated rings. The van der Waals surface area contributed by atoms with Crippen LogP contribution in [0.4, 0.5) is 5.69 Å². The van der Waals surface area contributed by atoms with Gasteiger partial charge in [0.25, 0.3) is 0 Å². The van der Waals surface area contributed by atoms with Gasteiger partial charge in [-0.1, -0.05) is 29.3 Å². The molecule has 0 spiro atoms. The summed E-state index contributed by atoms with van der Waals surface area (Å²) in [4.78, 5) is 0. The SMILES string of the molecule is Cc1ccc(OCC(O)CNc2ccc(Cl)cc2)cc1. The Morgan fingerprint density at radius 2 is 1.75 bits per heavy atom. The third-order valence-electron chi connectivity index (χ3n) is 2.85. The molecule has 2 rings (SSSR count). The van der Waals surface area contributed by atoms with Crippen LogP contribution in [0, 0.1) is 6.92 Å². The lowest BCUT2D eigenvalue weighted by molar-refractivity contribution is 0.117. The fourth-order valence-electron chi connectivity index (χ4n) is 1.69. The maximum atomic E-state index is 9.87. The zero-order chi connectivity index (χ0) is 14.4. The Labute approximate surface area is 124 Å². The van der Waals surface area contributed by atoms with Crippen LogP contribution in [0.1, 0.15) is 5.56 Å². The number of aliphatic hydroxyl groups excluding tert-OH is 1. The van der Waals surface area contributed by atoms with Crippen LogP contribution in [0.15, 0.2) is 48.5 Å². The van der Waals surface area contributed by atoms with Crippen LogP contribution >= 0.6 is 11.6 Å². The average molecular weight is 292 g/mol. The van der Waals surface area contributed by atoms with Crippen molar-refractivity contribution in [2.45, 2.75) is 13.0 Å². The molecule has 0 saturated carbocycles. The third kappa shape index (κ3) is 4.76. The second-order valence-corrected chi connectivity index (χ2v) is 5.10. The molecule has 0 saturated heterocycles. The van der Waals surface area contributed by atoms with Crippen molar-refractivity contribution in [2.24, 2.45) is 0 Å². The van der Waals surface area contributed by atoms with Gasteiger partial charge in [-0.3, -0.25) is 0 Å². The summed E-state index contributed by atoms with van der Waals surface area (Å²) in [6.45, 7) is 2.70. The van der Waals surface area contributed by atoms with Gasteiger partial charge in [0.2, 0.25) is 0 Å². The number of hydrogen-bond donors (Lipinski definition) is 2. The molecule has 0 bridgehead atoms. The van der Waals surface area contributed by atoms with Crippen molar-refractivity contribution in [1.29, 1.82) is 0 Å². The molecule has 0 heterocycles. The van der Waals surface area contributed by atoms with Crippen molar-refractivity contribution in [3.63, 3.8) is 0 Å². The first-order valence-corrected chi connectivity index (χ1v) is 6.88. The van der Waals surface area contributed by atoms with E-state index in [1.807, 2.05) is 43.3 Å². The van der Waals surface area contributed by atoms with Crippen LogP contribution in [0.25, 0.3) is 0 Å². The van der Waals surface area contributed by atoms with Crippen molar-refractivity contribution in [3.05, 3.63) is 59.1 Å². The van der Waals surface area contributed by atoms with Crippen LogP contribution in [-0.4, -0.2) is 24.4 Å². The molecule has 4 heteroatoms. The number of hydrogen-bond acceptors (Lipinski definition) is 3. The van der Waals surface area contributed by atoms with E-state index in [2.05, 4.69) is 5.32 Å². The molecule has 0 amide bonds. The minimum atomic E-state index is -0.577. The summed E-state index contributed by atoms with van der Waals surface area (Å²) in [7, 11) is 0. The fourth-order valence-corrected chi connectivity index (χ4v) is 1.82. The van der Waals surface area contributed by atoms with Gasteiger partial charge in [-0.15, -0.1) is 0 Å². The van der Waals surface area contributed by atoms with Gasteiger partial charge < -0.3 is 15.2 Å². The molecule has 0 aliphatic rings. The van der Waals surface area contributed by atoms with Gasteiger partial charge in [0.15, 0.2) is 0 Å². The van der Waals surface area contributed by atoms with Gasteiger partial charge in [-0.05, 0) is 43.3 Å². The van der Waals surface area contributed by atoms with Crippen molar-refractivity contribution in [1.82, 2.24) is 0 Å². The number of benzene rings is 2. The normalized spacial score (nSPS) is 11.9. The maximum absolute atomic E-state index is 9.87. The molecule has 2 aromatic carbocycles. The van der Waals surface area contributed by atoms with Gasteiger partial charge in [-0.2, -0.15) is 0 Å². The van der Waals surface area contributed by atoms with E-state index in [1.165, 1.54) is 5.56 Å². The lowest BCUT2D eigenvalue weighted by Crippen LogP contribution is -2.26. The number of ether oxygens (including phenoxy) is 1. The minimum Gasteiger partial charge on any atom is -0.491 e. The zero-order valence-corrected chi connectivity index (χ0v) is 12.1. The minimum absolute atomic E-state index is 0.254. The van der Waals surface area contributed by atoms with Crippen molar-refractivity contribution in [2.75, 3.05) is 18.5 Å². The first-order chi connectivity index (χ1) is 9.63. The van der Waals surface area contributed by atoms with E-state index in [1.54, 1.807) is 12.1 Å². The Bertz CT molecular complexity index is 476. The molecule has 2 aromatic rings. The predicted octanol–water partition coefficient (Wildman–Crippen LogP) is 3.50. The Morgan fingerprint density at radius 3 is 2.40 bits per heavy atom. The molecular formula is C16H18ClNO2. The van der Waals surface area contributed by atoms with E-state index >= 15 is 0 Å². The van der Waals surface area contributed by atoms with Crippen LogP contribution in [0.2, 0.25) is 5.02 Å². The maximum Gasteiger partial charge on any atom is 0.119 e. The highest BCUT2D eigenvalue weighted by Crippen LogP contribution is 2.14. The summed E-state index contributed by atoms with van der Waals surface area (Å²) in [5, 5.41) is 13.7. The number of rotatable bonds is 6. The number of aryl methyl sites for hydroxylation is 1. The highest BCUT2D eigenvalue weighted by Gasteiger charge is 2.05. The van der Waals surface area contributed by atoms with Gasteiger partial charge >= 0.3 is 0 Å². The fraction of sp³-hybridized carbons (Fsp3) is 0.250. The second kappa shape index (κ2) is 7.17. The summed E-state index contributed by atoms with van der Waals surface area (Å²) in [5.41, 5.74) is 2.10. The van der Waals surface area contributed by atoms with Crippen LogP contribution in [0.5, 0.6) is 5.75 Å². The summed E-state index contributed by atoms with van der Waals surface area (Å²) < 4.78 is 5.52. The molecule has 20 heavy (non-hydrogen) atoms. The quantitative estimate of drug-likeness (QED) is 0.856. The van der Waals surface area contributed by atoms with Crippen molar-refractivity contribution >= 4 is 17.3 Å². The van der Waals surface area contributed by atoms with E-state index in [-0.39, 0.29) is 6.61 Å². The molecular weight excluding hydrogens is 274 g/mol.